The van der Waals surface area contributed by atoms with Crippen LogP contribution >= 0.6 is 0 Å². The van der Waals surface area contributed by atoms with Crippen molar-refractivity contribution < 1.29 is 14.4 Å². The van der Waals surface area contributed by atoms with Crippen molar-refractivity contribution in [1.29, 1.82) is 0 Å². The quantitative estimate of drug-likeness (QED) is 0.330. The van der Waals surface area contributed by atoms with Crippen molar-refractivity contribution in [2.75, 3.05) is 20.4 Å². The summed E-state index contributed by atoms with van der Waals surface area (Å²) < 4.78 is 5.24. The maximum atomic E-state index is 10.8. The highest BCUT2D eigenvalue weighted by molar-refractivity contribution is 5.71. The zero-order chi connectivity index (χ0) is 12.2. The number of ether oxygens (including phenoxy) is 1. The van der Waals surface area contributed by atoms with Crippen LogP contribution in [0.2, 0.25) is 0 Å². The minimum absolute atomic E-state index is 0.122. The van der Waals surface area contributed by atoms with Gasteiger partial charge in [0.25, 0.3) is 0 Å². The van der Waals surface area contributed by atoms with Crippen LogP contribution in [-0.2, 0) is 14.4 Å². The van der Waals surface area contributed by atoms with Crippen LogP contribution in [0.3, 0.4) is 0 Å². The molecule has 0 N–H and O–H groups in total. The zero-order valence-electron chi connectivity index (χ0n) is 10.8. The summed E-state index contributed by atoms with van der Waals surface area (Å²) in [6.45, 7) is 4.53. The van der Waals surface area contributed by atoms with Gasteiger partial charge in [-0.25, -0.2) is 9.90 Å². The number of rotatable bonds is 10. The first kappa shape index (κ1) is 15.4. The van der Waals surface area contributed by atoms with E-state index in [1.807, 2.05) is 0 Å². The molecule has 1 amide bonds. The third-order valence-electron chi connectivity index (χ3n) is 2.42. The maximum absolute atomic E-state index is 10.8. The first-order chi connectivity index (χ1) is 7.68. The molecule has 0 heterocycles. The molecule has 0 aliphatic heterocycles. The predicted molar refractivity (Wildman–Crippen MR) is 63.7 cm³/mol. The summed E-state index contributed by atoms with van der Waals surface area (Å²) in [6, 6.07) is 0. The Labute approximate surface area is 98.9 Å². The van der Waals surface area contributed by atoms with Crippen LogP contribution in [0.15, 0.2) is 0 Å². The third-order valence-corrected chi connectivity index (χ3v) is 2.42. The smallest absolute Gasteiger partial charge is 0.242 e. The summed E-state index contributed by atoms with van der Waals surface area (Å²) in [5, 5.41) is 1.18. The van der Waals surface area contributed by atoms with Gasteiger partial charge in [0.1, 0.15) is 0 Å². The SMILES string of the molecule is CCCCCCCCOCON(C)C(C)=O. The van der Waals surface area contributed by atoms with Crippen LogP contribution in [0.1, 0.15) is 52.4 Å². The lowest BCUT2D eigenvalue weighted by Crippen LogP contribution is -2.25. The molecule has 0 aromatic rings. The largest absolute Gasteiger partial charge is 0.353 e. The number of carbonyl (C=O) groups excluding carboxylic acids is 1. The fraction of sp³-hybridized carbons (Fsp3) is 0.917. The number of hydroxylamine groups is 2. The van der Waals surface area contributed by atoms with Crippen LogP contribution in [-0.4, -0.2) is 31.4 Å². The van der Waals surface area contributed by atoms with Crippen molar-refractivity contribution in [3.8, 4) is 0 Å². The molecule has 0 spiro atoms. The van der Waals surface area contributed by atoms with Crippen molar-refractivity contribution in [2.45, 2.75) is 52.4 Å². The molecule has 0 atom stereocenters. The molecule has 0 bridgehead atoms. The lowest BCUT2D eigenvalue weighted by Gasteiger charge is -2.14. The van der Waals surface area contributed by atoms with E-state index in [9.17, 15) is 4.79 Å². The molecule has 0 fully saturated rings. The topological polar surface area (TPSA) is 38.8 Å². The molecule has 4 heteroatoms. The summed E-state index contributed by atoms with van der Waals surface area (Å²) in [7, 11) is 1.58. The van der Waals surface area contributed by atoms with Crippen molar-refractivity contribution in [3.63, 3.8) is 0 Å². The summed E-state index contributed by atoms with van der Waals surface area (Å²) in [5.41, 5.74) is 0. The van der Waals surface area contributed by atoms with E-state index in [4.69, 9.17) is 9.57 Å². The lowest BCUT2D eigenvalue weighted by molar-refractivity contribution is -0.213. The fourth-order valence-corrected chi connectivity index (χ4v) is 1.25. The number of carbonyl (C=O) groups is 1. The number of unbranched alkanes of at least 4 members (excludes halogenated alkanes) is 5. The van der Waals surface area contributed by atoms with E-state index in [0.29, 0.717) is 6.61 Å². The molecule has 0 aliphatic carbocycles. The minimum atomic E-state index is -0.122. The van der Waals surface area contributed by atoms with E-state index < -0.39 is 0 Å². The van der Waals surface area contributed by atoms with Gasteiger partial charge in [0.2, 0.25) is 5.91 Å². The Balaban J connectivity index is 3.07. The number of hydrogen-bond acceptors (Lipinski definition) is 3. The highest BCUT2D eigenvalue weighted by Gasteiger charge is 2.00. The zero-order valence-corrected chi connectivity index (χ0v) is 10.8. The van der Waals surface area contributed by atoms with Crippen LogP contribution in [0.5, 0.6) is 0 Å². The first-order valence-corrected chi connectivity index (χ1v) is 6.13. The Morgan fingerprint density at radius 1 is 1.12 bits per heavy atom. The van der Waals surface area contributed by atoms with Gasteiger partial charge >= 0.3 is 0 Å². The van der Waals surface area contributed by atoms with Crippen LogP contribution in [0, 0.1) is 0 Å². The average Bonchev–Trinajstić information content (AvgIpc) is 2.26. The number of nitrogens with zero attached hydrogens (tertiary/aromatic N) is 1. The Kier molecular flexibility index (Phi) is 10.5. The van der Waals surface area contributed by atoms with Gasteiger partial charge in [-0.05, 0) is 6.42 Å². The van der Waals surface area contributed by atoms with E-state index in [2.05, 4.69) is 6.92 Å². The van der Waals surface area contributed by atoms with Crippen molar-refractivity contribution in [1.82, 2.24) is 5.06 Å². The number of amides is 1. The molecule has 4 nitrogen and oxygen atoms in total. The Morgan fingerprint density at radius 3 is 2.38 bits per heavy atom. The van der Waals surface area contributed by atoms with E-state index in [-0.39, 0.29) is 12.7 Å². The molecular formula is C12H25NO3. The molecule has 16 heavy (non-hydrogen) atoms. The highest BCUT2D eigenvalue weighted by Crippen LogP contribution is 2.04. The Hall–Kier alpha value is -0.610. The second-order valence-corrected chi connectivity index (χ2v) is 3.94. The van der Waals surface area contributed by atoms with Crippen molar-refractivity contribution in [3.05, 3.63) is 0 Å². The second kappa shape index (κ2) is 10.9. The summed E-state index contributed by atoms with van der Waals surface area (Å²) in [4.78, 5) is 15.8. The lowest BCUT2D eigenvalue weighted by atomic mass is 10.1. The Bertz CT molecular complexity index is 174. The van der Waals surface area contributed by atoms with Gasteiger partial charge in [-0.2, -0.15) is 0 Å². The normalized spacial score (nSPS) is 10.4. The molecule has 0 aromatic carbocycles. The highest BCUT2D eigenvalue weighted by atomic mass is 16.8. The van der Waals surface area contributed by atoms with E-state index >= 15 is 0 Å². The van der Waals surface area contributed by atoms with Gasteiger partial charge < -0.3 is 4.74 Å². The predicted octanol–water partition coefficient (Wildman–Crippen LogP) is 2.73. The van der Waals surface area contributed by atoms with E-state index in [1.165, 1.54) is 44.1 Å². The van der Waals surface area contributed by atoms with Crippen LogP contribution < -0.4 is 0 Å². The summed E-state index contributed by atoms with van der Waals surface area (Å²) in [6.07, 6.45) is 7.49. The molecule has 96 valence electrons. The van der Waals surface area contributed by atoms with Gasteiger partial charge in [-0.15, -0.1) is 0 Å². The molecule has 0 aliphatic rings. The fourth-order valence-electron chi connectivity index (χ4n) is 1.25. The van der Waals surface area contributed by atoms with E-state index in [0.717, 1.165) is 6.42 Å². The molecule has 0 rings (SSSR count). The average molecular weight is 231 g/mol. The second-order valence-electron chi connectivity index (χ2n) is 3.94. The number of hydrogen-bond donors (Lipinski definition) is 0. The van der Waals surface area contributed by atoms with Crippen molar-refractivity contribution in [2.24, 2.45) is 0 Å². The van der Waals surface area contributed by atoms with Crippen LogP contribution in [0.25, 0.3) is 0 Å². The molecule has 0 unspecified atom stereocenters. The minimum Gasteiger partial charge on any atom is -0.353 e. The van der Waals surface area contributed by atoms with Gasteiger partial charge in [-0.1, -0.05) is 39.0 Å². The molecule has 0 saturated carbocycles. The molecule has 0 saturated heterocycles. The maximum Gasteiger partial charge on any atom is 0.242 e. The van der Waals surface area contributed by atoms with Gasteiger partial charge in [-0.3, -0.25) is 4.79 Å². The Morgan fingerprint density at radius 2 is 1.75 bits per heavy atom. The summed E-state index contributed by atoms with van der Waals surface area (Å²) >= 11 is 0. The standard InChI is InChI=1S/C12H25NO3/c1-4-5-6-7-8-9-10-15-11-16-13(3)12(2)14/h4-11H2,1-3H3. The van der Waals surface area contributed by atoms with Gasteiger partial charge in [0, 0.05) is 20.6 Å². The monoisotopic (exact) mass is 231 g/mol. The molecule has 0 radical (unpaired) electrons. The molecular weight excluding hydrogens is 206 g/mol. The summed E-state index contributed by atoms with van der Waals surface area (Å²) in [5.74, 6) is -0.122. The van der Waals surface area contributed by atoms with Gasteiger partial charge in [0.15, 0.2) is 6.79 Å². The van der Waals surface area contributed by atoms with Crippen molar-refractivity contribution >= 4 is 5.91 Å². The van der Waals surface area contributed by atoms with E-state index in [1.54, 1.807) is 7.05 Å². The van der Waals surface area contributed by atoms with Gasteiger partial charge in [0.05, 0.1) is 0 Å². The van der Waals surface area contributed by atoms with Crippen LogP contribution in [0.4, 0.5) is 0 Å². The third kappa shape index (κ3) is 9.93. The first-order valence-electron chi connectivity index (χ1n) is 6.13. The molecule has 0 aromatic heterocycles.